The smallest absolute Gasteiger partial charge is 0.261 e. The maximum atomic E-state index is 14.1. The zero-order valence-electron chi connectivity index (χ0n) is 21.6. The molecule has 1 aromatic heterocycles. The molecule has 1 aliphatic rings. The van der Waals surface area contributed by atoms with Crippen LogP contribution in [0.3, 0.4) is 0 Å². The van der Waals surface area contributed by atoms with Crippen molar-refractivity contribution in [1.82, 2.24) is 9.97 Å². The molecule has 42 heavy (non-hydrogen) atoms. The third-order valence-corrected chi connectivity index (χ3v) is 7.44. The van der Waals surface area contributed by atoms with E-state index in [-0.39, 0.29) is 24.5 Å². The lowest BCUT2D eigenvalue weighted by molar-refractivity contribution is -0.245. The van der Waals surface area contributed by atoms with Crippen LogP contribution in [-0.4, -0.2) is 32.8 Å². The molecule has 0 aliphatic carbocycles. The van der Waals surface area contributed by atoms with Crippen molar-refractivity contribution in [3.63, 3.8) is 0 Å². The third kappa shape index (κ3) is 6.44. The summed E-state index contributed by atoms with van der Waals surface area (Å²) >= 11 is 1.42. The number of nitrogens with zero attached hydrogens (tertiary/aromatic N) is 2. The summed E-state index contributed by atoms with van der Waals surface area (Å²) in [4.78, 5) is 20.8. The number of hydrogen-bond acceptors (Lipinski definition) is 7. The first-order valence-electron chi connectivity index (χ1n) is 12.6. The Morgan fingerprint density at radius 1 is 0.857 bits per heavy atom. The van der Waals surface area contributed by atoms with E-state index in [0.717, 1.165) is 11.1 Å². The number of aliphatic hydroxyl groups is 1. The van der Waals surface area contributed by atoms with E-state index in [9.17, 15) is 31.9 Å². The van der Waals surface area contributed by atoms with Crippen LogP contribution < -0.4 is 5.32 Å². The topological polar surface area (TPSA) is 93.6 Å². The van der Waals surface area contributed by atoms with Crippen molar-refractivity contribution in [2.24, 2.45) is 0 Å². The van der Waals surface area contributed by atoms with Gasteiger partial charge in [-0.3, -0.25) is 4.79 Å². The van der Waals surface area contributed by atoms with Gasteiger partial charge in [-0.05, 0) is 29.3 Å². The zero-order chi connectivity index (χ0) is 29.8. The van der Waals surface area contributed by atoms with Crippen LogP contribution in [-0.2, 0) is 16.1 Å². The molecule has 1 saturated heterocycles. The largest absolute Gasteiger partial charge is 0.392 e. The molecule has 3 unspecified atom stereocenters. The van der Waals surface area contributed by atoms with E-state index >= 15 is 0 Å². The number of halogens is 5. The number of aliphatic hydroxyl groups excluding tert-OH is 1. The summed E-state index contributed by atoms with van der Waals surface area (Å²) in [6.07, 6.45) is 2.30. The molecule has 4 aromatic rings. The Bertz CT molecular complexity index is 1530. The van der Waals surface area contributed by atoms with Crippen LogP contribution in [0.1, 0.15) is 45.9 Å². The third-order valence-electron chi connectivity index (χ3n) is 6.43. The fourth-order valence-electron chi connectivity index (χ4n) is 4.27. The average Bonchev–Trinajstić information content (AvgIpc) is 3.02. The Kier molecular flexibility index (Phi) is 9.12. The lowest BCUT2D eigenvalue weighted by Gasteiger charge is -2.36. The van der Waals surface area contributed by atoms with Gasteiger partial charge in [-0.15, -0.1) is 0 Å². The van der Waals surface area contributed by atoms with Crippen molar-refractivity contribution in [2.75, 3.05) is 11.1 Å². The molecule has 3 atom stereocenters. The summed E-state index contributed by atoms with van der Waals surface area (Å²) in [6.45, 7) is -0.0961. The van der Waals surface area contributed by atoms with Gasteiger partial charge in [-0.1, -0.05) is 48.2 Å². The number of rotatable bonds is 8. The van der Waals surface area contributed by atoms with E-state index in [1.807, 2.05) is 12.1 Å². The Morgan fingerprint density at radius 2 is 1.45 bits per heavy atom. The molecule has 0 spiro atoms. The van der Waals surface area contributed by atoms with Crippen molar-refractivity contribution in [1.29, 1.82) is 0 Å². The van der Waals surface area contributed by atoms with Crippen molar-refractivity contribution < 1.29 is 41.3 Å². The van der Waals surface area contributed by atoms with Crippen LogP contribution in [0.2, 0.25) is 0 Å². The second-order valence-electron chi connectivity index (χ2n) is 9.21. The van der Waals surface area contributed by atoms with Gasteiger partial charge in [0.1, 0.15) is 5.56 Å². The van der Waals surface area contributed by atoms with Gasteiger partial charge in [-0.2, -0.15) is 0 Å². The van der Waals surface area contributed by atoms with Crippen LogP contribution in [0.5, 0.6) is 0 Å². The number of ether oxygens (including phenoxy) is 2. The summed E-state index contributed by atoms with van der Waals surface area (Å²) in [5, 5.41) is 12.1. The molecule has 0 bridgehead atoms. The minimum Gasteiger partial charge on any atom is -0.392 e. The van der Waals surface area contributed by atoms with Gasteiger partial charge in [0, 0.05) is 35.8 Å². The number of anilines is 1. The molecule has 13 heteroatoms. The van der Waals surface area contributed by atoms with Gasteiger partial charge >= 0.3 is 0 Å². The number of benzene rings is 3. The van der Waals surface area contributed by atoms with Crippen molar-refractivity contribution in [3.8, 4) is 0 Å². The molecule has 2 N–H and O–H groups in total. The minimum absolute atomic E-state index is 0.0352. The SMILES string of the molecule is O=C(Nc1ccc(C2OC(CSc3ncccn3)CC(c3ccc(CO)cc3)O2)cc1)c1c(F)c(F)c(F)c(F)c1F. The summed E-state index contributed by atoms with van der Waals surface area (Å²) < 4.78 is 81.0. The van der Waals surface area contributed by atoms with E-state index in [0.29, 0.717) is 22.9 Å². The highest BCUT2D eigenvalue weighted by Gasteiger charge is 2.33. The second-order valence-corrected chi connectivity index (χ2v) is 10.2. The van der Waals surface area contributed by atoms with E-state index in [1.165, 1.54) is 23.9 Å². The molecule has 5 rings (SSSR count). The van der Waals surface area contributed by atoms with Gasteiger partial charge in [0.15, 0.2) is 34.7 Å². The Labute approximate surface area is 240 Å². The summed E-state index contributed by atoms with van der Waals surface area (Å²) in [6, 6.07) is 14.9. The van der Waals surface area contributed by atoms with Gasteiger partial charge in [0.25, 0.3) is 5.91 Å². The van der Waals surface area contributed by atoms with Crippen LogP contribution in [0.15, 0.2) is 72.1 Å². The summed E-state index contributed by atoms with van der Waals surface area (Å²) in [5.74, 6) is -12.2. The van der Waals surface area contributed by atoms with Gasteiger partial charge in [0.2, 0.25) is 5.82 Å². The molecular weight excluding hydrogens is 581 g/mol. The molecular formula is C29H22F5N3O4S. The standard InChI is InChI=1S/C29H22F5N3O4S/c30-22-21(23(31)25(33)26(34)24(22)32)27(39)37-18-8-6-17(7-9-18)28-40-19(14-42-29-35-10-1-11-36-29)12-20(41-28)16-4-2-15(13-38)3-5-16/h1-11,19-20,28,38H,12-14H2,(H,37,39). The predicted octanol–water partition coefficient (Wildman–Crippen LogP) is 6.25. The highest BCUT2D eigenvalue weighted by Crippen LogP contribution is 2.39. The second kappa shape index (κ2) is 12.9. The van der Waals surface area contributed by atoms with Crippen LogP contribution in [0.25, 0.3) is 0 Å². The van der Waals surface area contributed by atoms with Gasteiger partial charge in [0.05, 0.1) is 18.8 Å². The number of hydrogen-bond donors (Lipinski definition) is 2. The normalized spacial score (nSPS) is 18.6. The number of nitrogens with one attached hydrogen (secondary N) is 1. The van der Waals surface area contributed by atoms with Gasteiger partial charge < -0.3 is 19.9 Å². The summed E-state index contributed by atoms with van der Waals surface area (Å²) in [7, 11) is 0. The Morgan fingerprint density at radius 3 is 2.07 bits per heavy atom. The van der Waals surface area contributed by atoms with Crippen molar-refractivity contribution in [3.05, 3.63) is 118 Å². The maximum Gasteiger partial charge on any atom is 0.261 e. The van der Waals surface area contributed by atoms with E-state index < -0.39 is 46.8 Å². The predicted molar refractivity (Wildman–Crippen MR) is 142 cm³/mol. The van der Waals surface area contributed by atoms with Gasteiger partial charge in [-0.25, -0.2) is 31.9 Å². The Hall–Kier alpha value is -3.91. The summed E-state index contributed by atoms with van der Waals surface area (Å²) in [5.41, 5.74) is 0.615. The minimum atomic E-state index is -2.35. The number of aromatic nitrogens is 2. The molecule has 0 radical (unpaired) electrons. The lowest BCUT2D eigenvalue weighted by Crippen LogP contribution is -2.31. The monoisotopic (exact) mass is 603 g/mol. The van der Waals surface area contributed by atoms with Crippen LogP contribution >= 0.6 is 11.8 Å². The molecule has 1 aliphatic heterocycles. The number of thioether (sulfide) groups is 1. The van der Waals surface area contributed by atoms with Crippen LogP contribution in [0, 0.1) is 29.1 Å². The average molecular weight is 604 g/mol. The molecule has 0 saturated carbocycles. The van der Waals surface area contributed by atoms with Crippen molar-refractivity contribution in [2.45, 2.75) is 36.7 Å². The Balaban J connectivity index is 1.33. The highest BCUT2D eigenvalue weighted by atomic mass is 32.2. The fraction of sp³-hybridized carbons (Fsp3) is 0.207. The fourth-order valence-corrected chi connectivity index (χ4v) is 5.09. The molecule has 2 heterocycles. The molecule has 1 amide bonds. The maximum absolute atomic E-state index is 14.1. The highest BCUT2D eigenvalue weighted by molar-refractivity contribution is 7.99. The molecule has 218 valence electrons. The van der Waals surface area contributed by atoms with Crippen molar-refractivity contribution >= 4 is 23.4 Å². The first kappa shape index (κ1) is 29.6. The number of carbonyl (C=O) groups excluding carboxylic acids is 1. The molecule has 7 nitrogen and oxygen atoms in total. The van der Waals surface area contributed by atoms with Crippen LogP contribution in [0.4, 0.5) is 27.6 Å². The number of carbonyl (C=O) groups is 1. The lowest BCUT2D eigenvalue weighted by atomic mass is 10.0. The molecule has 3 aromatic carbocycles. The first-order chi connectivity index (χ1) is 20.2. The number of amides is 1. The zero-order valence-corrected chi connectivity index (χ0v) is 22.4. The quantitative estimate of drug-likeness (QED) is 0.0808. The van der Waals surface area contributed by atoms with E-state index in [2.05, 4.69) is 15.3 Å². The van der Waals surface area contributed by atoms with E-state index in [1.54, 1.807) is 42.7 Å². The first-order valence-corrected chi connectivity index (χ1v) is 13.6. The molecule has 1 fully saturated rings. The van der Waals surface area contributed by atoms with E-state index in [4.69, 9.17) is 9.47 Å².